The molecule has 90 valence electrons. The van der Waals surface area contributed by atoms with Crippen molar-refractivity contribution in [3.63, 3.8) is 0 Å². The fourth-order valence-corrected chi connectivity index (χ4v) is 2.01. The Hall–Kier alpha value is -1.63. The number of hydrogen-bond acceptors (Lipinski definition) is 1. The molecule has 1 aromatic carbocycles. The number of allylic oxidation sites excluding steroid dienone is 4. The molecular weight excluding hydrogens is 208 g/mol. The molecule has 0 heterocycles. The van der Waals surface area contributed by atoms with Gasteiger partial charge in [-0.25, -0.2) is 0 Å². The molecule has 0 aromatic heterocycles. The van der Waals surface area contributed by atoms with Gasteiger partial charge in [-0.3, -0.25) is 4.79 Å². The van der Waals surface area contributed by atoms with Crippen molar-refractivity contribution in [2.75, 3.05) is 0 Å². The van der Waals surface area contributed by atoms with Crippen LogP contribution in [0, 0.1) is 0 Å². The fraction of sp³-hybridized carbons (Fsp3) is 0.312. The van der Waals surface area contributed by atoms with E-state index in [1.54, 1.807) is 6.92 Å². The largest absolute Gasteiger partial charge is 0.300 e. The molecule has 1 nitrogen and oxygen atoms in total. The van der Waals surface area contributed by atoms with Gasteiger partial charge in [-0.2, -0.15) is 0 Å². The van der Waals surface area contributed by atoms with Crippen LogP contribution >= 0.6 is 0 Å². The van der Waals surface area contributed by atoms with E-state index in [4.69, 9.17) is 0 Å². The average Bonchev–Trinajstić information content (AvgIpc) is 2.34. The predicted molar refractivity (Wildman–Crippen MR) is 73.1 cm³/mol. The summed E-state index contributed by atoms with van der Waals surface area (Å²) in [5.41, 5.74) is 2.41. The summed E-state index contributed by atoms with van der Waals surface area (Å²) in [5, 5.41) is 0. The Bertz CT molecular complexity index is 412. The van der Waals surface area contributed by atoms with E-state index in [2.05, 4.69) is 24.3 Å². The Morgan fingerprint density at radius 3 is 2.35 bits per heavy atom. The summed E-state index contributed by atoms with van der Waals surface area (Å²) in [5.74, 6) is 0.401. The van der Waals surface area contributed by atoms with E-state index < -0.39 is 0 Å². The normalized spacial score (nSPS) is 13.9. The molecule has 1 unspecified atom stereocenters. The van der Waals surface area contributed by atoms with Gasteiger partial charge in [0.1, 0.15) is 5.78 Å². The minimum absolute atomic E-state index is 0.176. The first-order chi connectivity index (χ1) is 8.19. The number of carbonyl (C=O) groups excluding carboxylic acids is 1. The monoisotopic (exact) mass is 228 g/mol. The lowest BCUT2D eigenvalue weighted by Gasteiger charge is -2.17. The maximum atomic E-state index is 11.4. The van der Waals surface area contributed by atoms with Crippen molar-refractivity contribution in [3.8, 4) is 0 Å². The minimum atomic E-state index is 0.176. The zero-order valence-corrected chi connectivity index (χ0v) is 10.8. The second-order valence-corrected chi connectivity index (χ2v) is 4.16. The summed E-state index contributed by atoms with van der Waals surface area (Å²) in [6.07, 6.45) is 6.75. The van der Waals surface area contributed by atoms with Gasteiger partial charge in [0.25, 0.3) is 0 Å². The molecule has 1 heteroatoms. The van der Waals surface area contributed by atoms with E-state index in [0.29, 0.717) is 6.42 Å². The molecule has 0 spiro atoms. The second-order valence-electron chi connectivity index (χ2n) is 4.16. The maximum Gasteiger partial charge on any atom is 0.130 e. The average molecular weight is 228 g/mol. The molecular formula is C16H20O. The third-order valence-electron chi connectivity index (χ3n) is 2.79. The molecule has 1 atom stereocenters. The van der Waals surface area contributed by atoms with Crippen molar-refractivity contribution in [1.82, 2.24) is 0 Å². The lowest BCUT2D eigenvalue weighted by atomic mass is 9.86. The summed E-state index contributed by atoms with van der Waals surface area (Å²) in [6, 6.07) is 10.2. The highest BCUT2D eigenvalue weighted by Gasteiger charge is 2.16. The molecule has 0 fully saturated rings. The van der Waals surface area contributed by atoms with E-state index in [1.807, 2.05) is 38.1 Å². The molecule has 1 rings (SSSR count). The van der Waals surface area contributed by atoms with Gasteiger partial charge in [0, 0.05) is 12.3 Å². The molecule has 0 saturated carbocycles. The van der Waals surface area contributed by atoms with Crippen LogP contribution in [0.5, 0.6) is 0 Å². The van der Waals surface area contributed by atoms with Crippen molar-refractivity contribution >= 4 is 5.78 Å². The van der Waals surface area contributed by atoms with Crippen LogP contribution in [0.25, 0.3) is 0 Å². The smallest absolute Gasteiger partial charge is 0.130 e. The van der Waals surface area contributed by atoms with Crippen LogP contribution in [-0.4, -0.2) is 5.78 Å². The molecule has 17 heavy (non-hydrogen) atoms. The molecule has 0 aliphatic rings. The Morgan fingerprint density at radius 1 is 1.24 bits per heavy atom. The quantitative estimate of drug-likeness (QED) is 0.688. The van der Waals surface area contributed by atoms with E-state index in [0.717, 1.165) is 0 Å². The van der Waals surface area contributed by atoms with Gasteiger partial charge < -0.3 is 0 Å². The third-order valence-corrected chi connectivity index (χ3v) is 2.79. The lowest BCUT2D eigenvalue weighted by Crippen LogP contribution is -2.06. The first-order valence-corrected chi connectivity index (χ1v) is 6.02. The van der Waals surface area contributed by atoms with Crippen molar-refractivity contribution in [3.05, 3.63) is 59.7 Å². The van der Waals surface area contributed by atoms with Crippen molar-refractivity contribution in [1.29, 1.82) is 0 Å². The zero-order chi connectivity index (χ0) is 12.7. The Balaban J connectivity index is 3.07. The Morgan fingerprint density at radius 2 is 1.88 bits per heavy atom. The zero-order valence-electron chi connectivity index (χ0n) is 10.8. The van der Waals surface area contributed by atoms with Gasteiger partial charge >= 0.3 is 0 Å². The van der Waals surface area contributed by atoms with Crippen molar-refractivity contribution in [2.45, 2.75) is 33.1 Å². The summed E-state index contributed by atoms with van der Waals surface area (Å²) >= 11 is 0. The molecule has 0 radical (unpaired) electrons. The van der Waals surface area contributed by atoms with Gasteiger partial charge in [0.2, 0.25) is 0 Å². The Kier molecular flexibility index (Phi) is 5.41. The minimum Gasteiger partial charge on any atom is -0.300 e. The molecule has 0 bridgehead atoms. The number of hydrogen-bond donors (Lipinski definition) is 0. The number of Topliss-reactive ketones (excluding diaryl/α,β-unsaturated/α-hetero) is 1. The van der Waals surface area contributed by atoms with E-state index >= 15 is 0 Å². The number of carbonyl (C=O) groups is 1. The molecule has 0 aliphatic carbocycles. The van der Waals surface area contributed by atoms with E-state index in [1.165, 1.54) is 11.1 Å². The number of ketones is 1. The van der Waals surface area contributed by atoms with Gasteiger partial charge in [0.15, 0.2) is 0 Å². The van der Waals surface area contributed by atoms with Gasteiger partial charge in [-0.05, 0) is 31.9 Å². The van der Waals surface area contributed by atoms with Crippen molar-refractivity contribution < 1.29 is 4.79 Å². The highest BCUT2D eigenvalue weighted by Crippen LogP contribution is 2.28. The number of benzene rings is 1. The van der Waals surface area contributed by atoms with Gasteiger partial charge in [-0.1, -0.05) is 48.6 Å². The third kappa shape index (κ3) is 4.03. The van der Waals surface area contributed by atoms with Crippen molar-refractivity contribution in [2.24, 2.45) is 0 Å². The number of rotatable bonds is 5. The molecule has 0 amide bonds. The summed E-state index contributed by atoms with van der Waals surface area (Å²) in [4.78, 5) is 11.4. The first-order valence-electron chi connectivity index (χ1n) is 6.02. The van der Waals surface area contributed by atoms with Crippen LogP contribution < -0.4 is 0 Å². The highest BCUT2D eigenvalue weighted by molar-refractivity contribution is 5.77. The topological polar surface area (TPSA) is 17.1 Å². The molecule has 0 saturated heterocycles. The predicted octanol–water partition coefficient (Wildman–Crippen LogP) is 4.27. The maximum absolute atomic E-state index is 11.4. The highest BCUT2D eigenvalue weighted by atomic mass is 16.1. The van der Waals surface area contributed by atoms with Gasteiger partial charge in [-0.15, -0.1) is 0 Å². The lowest BCUT2D eigenvalue weighted by molar-refractivity contribution is -0.117. The molecule has 0 N–H and O–H groups in total. The van der Waals surface area contributed by atoms with Crippen LogP contribution in [0.2, 0.25) is 0 Å². The van der Waals surface area contributed by atoms with Crippen LogP contribution in [0.1, 0.15) is 38.7 Å². The standard InChI is InChI=1S/C16H20O/c1-4-9-14(5-2)16(12-13(3)17)15-10-7-6-8-11-15/h4-11,16H,12H2,1-3H3/b9-4-,14-5+. The SMILES string of the molecule is C/C=C\C(=C/C)C(CC(C)=O)c1ccccc1. The second kappa shape index (κ2) is 6.85. The van der Waals surface area contributed by atoms with Crippen LogP contribution in [-0.2, 0) is 4.79 Å². The van der Waals surface area contributed by atoms with E-state index in [9.17, 15) is 4.79 Å². The molecule has 0 aliphatic heterocycles. The Labute approximate surface area is 104 Å². The summed E-state index contributed by atoms with van der Waals surface area (Å²) in [6.45, 7) is 5.67. The van der Waals surface area contributed by atoms with Crippen LogP contribution in [0.4, 0.5) is 0 Å². The van der Waals surface area contributed by atoms with Gasteiger partial charge in [0.05, 0.1) is 0 Å². The van der Waals surface area contributed by atoms with Crippen LogP contribution in [0.3, 0.4) is 0 Å². The molecule has 1 aromatic rings. The first kappa shape index (κ1) is 13.4. The summed E-state index contributed by atoms with van der Waals surface area (Å²) in [7, 11) is 0. The van der Waals surface area contributed by atoms with E-state index in [-0.39, 0.29) is 11.7 Å². The summed E-state index contributed by atoms with van der Waals surface area (Å²) < 4.78 is 0. The van der Waals surface area contributed by atoms with Crippen LogP contribution in [0.15, 0.2) is 54.1 Å². The fourth-order valence-electron chi connectivity index (χ4n) is 2.01.